The molecule has 0 aliphatic carbocycles. The first-order valence-electron chi connectivity index (χ1n) is 5.76. The number of nitrogens with zero attached hydrogens (tertiary/aromatic N) is 1. The zero-order valence-corrected chi connectivity index (χ0v) is 10.8. The Bertz CT molecular complexity index is 542. The van der Waals surface area contributed by atoms with E-state index in [0.29, 0.717) is 0 Å². The molecule has 0 saturated heterocycles. The van der Waals surface area contributed by atoms with Crippen molar-refractivity contribution in [3.63, 3.8) is 0 Å². The van der Waals surface area contributed by atoms with Crippen LogP contribution in [0.1, 0.15) is 29.0 Å². The van der Waals surface area contributed by atoms with E-state index in [1.54, 1.807) is 18.4 Å². The van der Waals surface area contributed by atoms with Crippen LogP contribution in [-0.2, 0) is 0 Å². The maximum absolute atomic E-state index is 6.22. The lowest BCUT2D eigenvalue weighted by Gasteiger charge is -2.29. The summed E-state index contributed by atoms with van der Waals surface area (Å²) >= 11 is 1.60. The number of ether oxygens (including phenoxy) is 2. The first-order chi connectivity index (χ1) is 8.78. The van der Waals surface area contributed by atoms with Gasteiger partial charge >= 0.3 is 0 Å². The van der Waals surface area contributed by atoms with Crippen molar-refractivity contribution in [2.75, 3.05) is 7.11 Å². The quantitative estimate of drug-likeness (QED) is 0.904. The Morgan fingerprint density at radius 3 is 3.11 bits per heavy atom. The average molecular weight is 262 g/mol. The van der Waals surface area contributed by atoms with Gasteiger partial charge in [0.2, 0.25) is 0 Å². The fourth-order valence-electron chi connectivity index (χ4n) is 2.17. The van der Waals surface area contributed by atoms with Gasteiger partial charge < -0.3 is 15.2 Å². The molecule has 0 bridgehead atoms. The van der Waals surface area contributed by atoms with E-state index in [2.05, 4.69) is 4.98 Å². The second-order valence-electron chi connectivity index (χ2n) is 4.26. The third kappa shape index (κ3) is 1.95. The molecule has 0 amide bonds. The maximum atomic E-state index is 6.22. The predicted octanol–water partition coefficient (Wildman–Crippen LogP) is 2.68. The Hall–Kier alpha value is -1.59. The van der Waals surface area contributed by atoms with E-state index < -0.39 is 0 Å². The minimum atomic E-state index is -0.0315. The molecule has 0 spiro atoms. The molecule has 1 aromatic heterocycles. The molecule has 2 N–H and O–H groups in total. The van der Waals surface area contributed by atoms with Crippen molar-refractivity contribution in [2.45, 2.75) is 18.6 Å². The summed E-state index contributed by atoms with van der Waals surface area (Å²) in [5.74, 6) is 1.65. The monoisotopic (exact) mass is 262 g/mol. The van der Waals surface area contributed by atoms with E-state index in [0.717, 1.165) is 28.4 Å². The van der Waals surface area contributed by atoms with Crippen molar-refractivity contribution < 1.29 is 9.47 Å². The summed E-state index contributed by atoms with van der Waals surface area (Å²) in [6, 6.07) is 5.72. The van der Waals surface area contributed by atoms with Crippen LogP contribution in [0, 0.1) is 0 Å². The minimum absolute atomic E-state index is 0.00777. The van der Waals surface area contributed by atoms with E-state index in [4.69, 9.17) is 15.2 Å². The van der Waals surface area contributed by atoms with Gasteiger partial charge in [0.05, 0.1) is 17.5 Å². The van der Waals surface area contributed by atoms with Crippen LogP contribution in [0.3, 0.4) is 0 Å². The number of methoxy groups -OCH3 is 1. The summed E-state index contributed by atoms with van der Waals surface area (Å²) < 4.78 is 11.2. The molecule has 1 aliphatic heterocycles. The van der Waals surface area contributed by atoms with Crippen LogP contribution in [0.5, 0.6) is 11.5 Å². The van der Waals surface area contributed by atoms with Gasteiger partial charge in [-0.15, -0.1) is 11.3 Å². The molecular formula is C13H14N2O2S. The molecule has 1 aliphatic rings. The molecule has 2 heterocycles. The highest BCUT2D eigenvalue weighted by molar-refractivity contribution is 7.09. The molecule has 0 fully saturated rings. The van der Waals surface area contributed by atoms with E-state index in [1.807, 2.05) is 29.9 Å². The van der Waals surface area contributed by atoms with Crippen molar-refractivity contribution in [3.05, 3.63) is 40.3 Å². The number of hydrogen-bond donors (Lipinski definition) is 1. The minimum Gasteiger partial charge on any atom is -0.497 e. The lowest BCUT2D eigenvalue weighted by Crippen LogP contribution is -2.23. The number of aromatic nitrogens is 1. The molecule has 0 saturated carbocycles. The van der Waals surface area contributed by atoms with Crippen molar-refractivity contribution >= 4 is 11.3 Å². The normalized spacial score (nSPS) is 22.1. The van der Waals surface area contributed by atoms with Gasteiger partial charge in [0, 0.05) is 24.2 Å². The van der Waals surface area contributed by atoms with Crippen LogP contribution in [0.4, 0.5) is 0 Å². The van der Waals surface area contributed by atoms with Gasteiger partial charge in [-0.2, -0.15) is 0 Å². The second kappa shape index (κ2) is 4.59. The predicted molar refractivity (Wildman–Crippen MR) is 70.0 cm³/mol. The number of thiazole rings is 1. The number of fused-ring (bicyclic) bond motifs is 1. The molecule has 3 rings (SSSR count). The molecule has 1 aromatic carbocycles. The van der Waals surface area contributed by atoms with Crippen LogP contribution in [0.2, 0.25) is 0 Å². The van der Waals surface area contributed by atoms with E-state index >= 15 is 0 Å². The zero-order valence-electron chi connectivity index (χ0n) is 10.00. The van der Waals surface area contributed by atoms with Crippen molar-refractivity contribution in [1.29, 1.82) is 0 Å². The van der Waals surface area contributed by atoms with Gasteiger partial charge in [-0.3, -0.25) is 4.98 Å². The van der Waals surface area contributed by atoms with Gasteiger partial charge in [-0.25, -0.2) is 0 Å². The van der Waals surface area contributed by atoms with Crippen molar-refractivity contribution in [1.82, 2.24) is 4.98 Å². The Morgan fingerprint density at radius 1 is 1.50 bits per heavy atom. The lowest BCUT2D eigenvalue weighted by atomic mass is 9.96. The van der Waals surface area contributed by atoms with Gasteiger partial charge in [0.25, 0.3) is 0 Å². The number of nitrogens with two attached hydrogens (primary N) is 1. The Kier molecular flexibility index (Phi) is 2.93. The summed E-state index contributed by atoms with van der Waals surface area (Å²) in [5.41, 5.74) is 9.04. The van der Waals surface area contributed by atoms with Crippen LogP contribution in [0.15, 0.2) is 29.9 Å². The van der Waals surface area contributed by atoms with E-state index in [1.165, 1.54) is 0 Å². The van der Waals surface area contributed by atoms with Crippen LogP contribution >= 0.6 is 11.3 Å². The van der Waals surface area contributed by atoms with Gasteiger partial charge in [-0.1, -0.05) is 0 Å². The molecule has 2 atom stereocenters. The molecule has 18 heavy (non-hydrogen) atoms. The first-order valence-corrected chi connectivity index (χ1v) is 6.64. The fourth-order valence-corrected chi connectivity index (χ4v) is 2.83. The smallest absolute Gasteiger partial charge is 0.136 e. The Labute approximate surface area is 109 Å². The molecule has 2 unspecified atom stereocenters. The summed E-state index contributed by atoms with van der Waals surface area (Å²) in [5, 5.41) is 0. The zero-order chi connectivity index (χ0) is 12.5. The molecule has 5 heteroatoms. The molecule has 94 valence electrons. The summed E-state index contributed by atoms with van der Waals surface area (Å²) in [6.45, 7) is 0. The highest BCUT2D eigenvalue weighted by Crippen LogP contribution is 2.41. The van der Waals surface area contributed by atoms with Crippen LogP contribution in [-0.4, -0.2) is 12.1 Å². The highest BCUT2D eigenvalue weighted by Gasteiger charge is 2.28. The maximum Gasteiger partial charge on any atom is 0.136 e. The third-order valence-electron chi connectivity index (χ3n) is 3.12. The SMILES string of the molecule is COc1ccc2c(c1)C(N)CC(c1cncs1)O2. The highest BCUT2D eigenvalue weighted by atomic mass is 32.1. The molecular weight excluding hydrogens is 248 g/mol. The standard InChI is InChI=1S/C13H14N2O2S/c1-16-8-2-3-11-9(4-8)10(14)5-12(17-11)13-6-15-7-18-13/h2-4,6-7,10,12H,5,14H2,1H3. The van der Waals surface area contributed by atoms with Gasteiger partial charge in [-0.05, 0) is 18.2 Å². The number of hydrogen-bond acceptors (Lipinski definition) is 5. The number of benzene rings is 1. The molecule has 2 aromatic rings. The van der Waals surface area contributed by atoms with E-state index in [9.17, 15) is 0 Å². The van der Waals surface area contributed by atoms with Crippen LogP contribution in [0.25, 0.3) is 0 Å². The van der Waals surface area contributed by atoms with E-state index in [-0.39, 0.29) is 12.1 Å². The molecule has 4 nitrogen and oxygen atoms in total. The van der Waals surface area contributed by atoms with Gasteiger partial charge in [0.1, 0.15) is 17.6 Å². The number of rotatable bonds is 2. The first kappa shape index (κ1) is 11.5. The average Bonchev–Trinajstić information content (AvgIpc) is 2.92. The van der Waals surface area contributed by atoms with Crippen molar-refractivity contribution in [2.24, 2.45) is 5.73 Å². The molecule has 0 radical (unpaired) electrons. The topological polar surface area (TPSA) is 57.4 Å². The summed E-state index contributed by atoms with van der Waals surface area (Å²) in [7, 11) is 1.65. The Morgan fingerprint density at radius 2 is 2.39 bits per heavy atom. The third-order valence-corrected chi connectivity index (χ3v) is 3.99. The second-order valence-corrected chi connectivity index (χ2v) is 5.17. The van der Waals surface area contributed by atoms with Crippen molar-refractivity contribution in [3.8, 4) is 11.5 Å². The van der Waals surface area contributed by atoms with Crippen LogP contribution < -0.4 is 15.2 Å². The Balaban J connectivity index is 1.93. The largest absolute Gasteiger partial charge is 0.497 e. The summed E-state index contributed by atoms with van der Waals surface area (Å²) in [4.78, 5) is 5.20. The van der Waals surface area contributed by atoms with Gasteiger partial charge in [0.15, 0.2) is 0 Å². The summed E-state index contributed by atoms with van der Waals surface area (Å²) in [6.07, 6.45) is 2.62. The lowest BCUT2D eigenvalue weighted by molar-refractivity contribution is 0.164. The fraction of sp³-hybridized carbons (Fsp3) is 0.308.